The zero-order valence-electron chi connectivity index (χ0n) is 18.9. The molecule has 1 aliphatic heterocycles. The van der Waals surface area contributed by atoms with Crippen molar-refractivity contribution in [2.45, 2.75) is 26.4 Å². The first-order valence-electron chi connectivity index (χ1n) is 11.0. The van der Waals surface area contributed by atoms with E-state index >= 15 is 0 Å². The van der Waals surface area contributed by atoms with Crippen molar-refractivity contribution in [2.75, 3.05) is 38.2 Å². The number of benzene rings is 1. The summed E-state index contributed by atoms with van der Waals surface area (Å²) in [7, 11) is 1.63. The molecule has 2 aromatic heterocycles. The molecule has 0 amide bonds. The third-order valence-corrected chi connectivity index (χ3v) is 6.20. The highest BCUT2D eigenvalue weighted by molar-refractivity contribution is 5.43. The van der Waals surface area contributed by atoms with Crippen LogP contribution in [0.15, 0.2) is 59.5 Å². The van der Waals surface area contributed by atoms with Crippen LogP contribution >= 0.6 is 0 Å². The molecular formula is C25H30N4O3. The van der Waals surface area contributed by atoms with Gasteiger partial charge in [-0.05, 0) is 49.7 Å². The monoisotopic (exact) mass is 434 g/mol. The largest absolute Gasteiger partial charge is 0.507 e. The molecule has 168 valence electrons. The number of aryl methyl sites for hydroxylation is 1. The molecule has 1 saturated heterocycles. The average molecular weight is 435 g/mol. The topological polar surface area (TPSA) is 70.8 Å². The Balaban J connectivity index is 1.72. The molecule has 1 aliphatic rings. The van der Waals surface area contributed by atoms with Crippen molar-refractivity contribution in [1.29, 1.82) is 0 Å². The molecule has 1 fully saturated rings. The fourth-order valence-electron chi connectivity index (χ4n) is 4.51. The Morgan fingerprint density at radius 2 is 1.81 bits per heavy atom. The van der Waals surface area contributed by atoms with E-state index in [0.717, 1.165) is 49.0 Å². The maximum absolute atomic E-state index is 13.4. The minimum Gasteiger partial charge on any atom is -0.507 e. The number of ether oxygens (including phenoxy) is 1. The summed E-state index contributed by atoms with van der Waals surface area (Å²) in [5, 5.41) is 10.9. The molecule has 3 aromatic rings. The summed E-state index contributed by atoms with van der Waals surface area (Å²) in [4.78, 5) is 22.4. The number of piperazine rings is 1. The Labute approximate surface area is 188 Å². The summed E-state index contributed by atoms with van der Waals surface area (Å²) in [5.74, 6) is 1.76. The van der Waals surface area contributed by atoms with Crippen molar-refractivity contribution < 1.29 is 9.84 Å². The number of aromatic hydroxyl groups is 1. The quantitative estimate of drug-likeness (QED) is 0.643. The van der Waals surface area contributed by atoms with E-state index in [4.69, 9.17) is 4.74 Å². The van der Waals surface area contributed by atoms with Gasteiger partial charge in [-0.15, -0.1) is 0 Å². The van der Waals surface area contributed by atoms with Gasteiger partial charge in [0.05, 0.1) is 18.7 Å². The number of rotatable bonds is 6. The molecule has 1 unspecified atom stereocenters. The van der Waals surface area contributed by atoms with Crippen LogP contribution in [0.5, 0.6) is 11.5 Å². The van der Waals surface area contributed by atoms with Gasteiger partial charge in [0.2, 0.25) is 0 Å². The van der Waals surface area contributed by atoms with Gasteiger partial charge in [-0.25, -0.2) is 4.98 Å². The van der Waals surface area contributed by atoms with Gasteiger partial charge in [-0.3, -0.25) is 9.69 Å². The lowest BCUT2D eigenvalue weighted by Gasteiger charge is -2.40. The van der Waals surface area contributed by atoms with E-state index in [2.05, 4.69) is 14.8 Å². The standard InChI is InChI=1S/C25H30N4O3/c1-4-29-18(2)17-21(30)23(25(29)31)24(19-8-10-20(32-3)11-9-19)28-15-13-27(14-16-28)22-7-5-6-12-26-22/h5-12,17,24,30H,4,13-16H2,1-3H3. The van der Waals surface area contributed by atoms with Crippen LogP contribution in [-0.4, -0.2) is 52.8 Å². The van der Waals surface area contributed by atoms with Gasteiger partial charge in [0.15, 0.2) is 0 Å². The van der Waals surface area contributed by atoms with Crippen LogP contribution in [0.2, 0.25) is 0 Å². The molecule has 0 saturated carbocycles. The Morgan fingerprint density at radius 3 is 2.41 bits per heavy atom. The van der Waals surface area contributed by atoms with Crippen LogP contribution < -0.4 is 15.2 Å². The molecule has 0 radical (unpaired) electrons. The Hall–Kier alpha value is -3.32. The van der Waals surface area contributed by atoms with E-state index in [9.17, 15) is 9.90 Å². The van der Waals surface area contributed by atoms with Crippen LogP contribution in [0.25, 0.3) is 0 Å². The van der Waals surface area contributed by atoms with E-state index in [0.29, 0.717) is 12.1 Å². The fourth-order valence-corrected chi connectivity index (χ4v) is 4.51. The lowest BCUT2D eigenvalue weighted by molar-refractivity contribution is 0.207. The highest BCUT2D eigenvalue weighted by Gasteiger charge is 2.31. The van der Waals surface area contributed by atoms with Crippen LogP contribution in [0.3, 0.4) is 0 Å². The second kappa shape index (κ2) is 9.44. The molecule has 7 nitrogen and oxygen atoms in total. The maximum Gasteiger partial charge on any atom is 0.259 e. The fraction of sp³-hybridized carbons (Fsp3) is 0.360. The Kier molecular flexibility index (Phi) is 6.46. The van der Waals surface area contributed by atoms with Gasteiger partial charge in [-0.1, -0.05) is 18.2 Å². The van der Waals surface area contributed by atoms with Gasteiger partial charge in [0, 0.05) is 44.6 Å². The number of methoxy groups -OCH3 is 1. The molecule has 1 aromatic carbocycles. The normalized spacial score (nSPS) is 15.5. The zero-order chi connectivity index (χ0) is 22.7. The van der Waals surface area contributed by atoms with E-state index in [1.165, 1.54) is 0 Å². The van der Waals surface area contributed by atoms with E-state index < -0.39 is 0 Å². The van der Waals surface area contributed by atoms with Crippen molar-refractivity contribution in [3.05, 3.63) is 81.9 Å². The van der Waals surface area contributed by atoms with Gasteiger partial charge in [0.1, 0.15) is 17.3 Å². The lowest BCUT2D eigenvalue weighted by atomic mass is 9.96. The number of aromatic nitrogens is 2. The van der Waals surface area contributed by atoms with E-state index in [1.54, 1.807) is 23.9 Å². The maximum atomic E-state index is 13.4. The van der Waals surface area contributed by atoms with E-state index in [1.807, 2.05) is 56.3 Å². The number of hydrogen-bond acceptors (Lipinski definition) is 6. The zero-order valence-corrected chi connectivity index (χ0v) is 18.9. The smallest absolute Gasteiger partial charge is 0.259 e. The third kappa shape index (κ3) is 4.21. The van der Waals surface area contributed by atoms with Gasteiger partial charge in [0.25, 0.3) is 5.56 Å². The summed E-state index contributed by atoms with van der Waals surface area (Å²) >= 11 is 0. The van der Waals surface area contributed by atoms with Crippen LogP contribution in [0, 0.1) is 6.92 Å². The second-order valence-corrected chi connectivity index (χ2v) is 8.02. The summed E-state index contributed by atoms with van der Waals surface area (Å²) < 4.78 is 7.04. The minimum atomic E-state index is -0.349. The highest BCUT2D eigenvalue weighted by atomic mass is 16.5. The Morgan fingerprint density at radius 1 is 1.09 bits per heavy atom. The molecule has 32 heavy (non-hydrogen) atoms. The molecular weight excluding hydrogens is 404 g/mol. The summed E-state index contributed by atoms with van der Waals surface area (Å²) in [6, 6.07) is 15.0. The van der Waals surface area contributed by atoms with Crippen molar-refractivity contribution in [3.8, 4) is 11.5 Å². The second-order valence-electron chi connectivity index (χ2n) is 8.02. The Bertz CT molecular complexity index is 1100. The SMILES string of the molecule is CCn1c(C)cc(O)c(C(c2ccc(OC)cc2)N2CCN(c3ccccn3)CC2)c1=O. The van der Waals surface area contributed by atoms with Crippen molar-refractivity contribution in [1.82, 2.24) is 14.5 Å². The summed E-state index contributed by atoms with van der Waals surface area (Å²) in [6.07, 6.45) is 1.80. The number of hydrogen-bond donors (Lipinski definition) is 1. The summed E-state index contributed by atoms with van der Waals surface area (Å²) in [5.41, 5.74) is 2.00. The lowest BCUT2D eigenvalue weighted by Crippen LogP contribution is -2.49. The number of anilines is 1. The molecule has 4 rings (SSSR count). The number of nitrogens with zero attached hydrogens (tertiary/aromatic N) is 4. The molecule has 7 heteroatoms. The molecule has 0 bridgehead atoms. The van der Waals surface area contributed by atoms with Crippen LogP contribution in [0.4, 0.5) is 5.82 Å². The summed E-state index contributed by atoms with van der Waals surface area (Å²) in [6.45, 7) is 7.42. The highest BCUT2D eigenvalue weighted by Crippen LogP contribution is 2.34. The molecule has 1 atom stereocenters. The molecule has 1 N–H and O–H groups in total. The van der Waals surface area contributed by atoms with Crippen molar-refractivity contribution >= 4 is 5.82 Å². The number of pyridine rings is 2. The van der Waals surface area contributed by atoms with Gasteiger partial charge in [-0.2, -0.15) is 0 Å². The molecule has 3 heterocycles. The van der Waals surface area contributed by atoms with E-state index in [-0.39, 0.29) is 17.4 Å². The van der Waals surface area contributed by atoms with Crippen molar-refractivity contribution in [2.24, 2.45) is 0 Å². The average Bonchev–Trinajstić information content (AvgIpc) is 2.83. The first kappa shape index (κ1) is 21.9. The first-order chi connectivity index (χ1) is 15.5. The molecule has 0 aliphatic carbocycles. The van der Waals surface area contributed by atoms with Gasteiger partial charge < -0.3 is 19.3 Å². The molecule has 0 spiro atoms. The van der Waals surface area contributed by atoms with Crippen LogP contribution in [-0.2, 0) is 6.54 Å². The van der Waals surface area contributed by atoms with Crippen LogP contribution in [0.1, 0.15) is 29.8 Å². The third-order valence-electron chi connectivity index (χ3n) is 6.20. The van der Waals surface area contributed by atoms with Gasteiger partial charge >= 0.3 is 0 Å². The first-order valence-corrected chi connectivity index (χ1v) is 11.0. The predicted molar refractivity (Wildman–Crippen MR) is 126 cm³/mol. The minimum absolute atomic E-state index is 0.0465. The predicted octanol–water partition coefficient (Wildman–Crippen LogP) is 3.20. The van der Waals surface area contributed by atoms with Crippen molar-refractivity contribution in [3.63, 3.8) is 0 Å².